The molecular formula is C19H20N2O3S2. The minimum Gasteiger partial charge on any atom is -0.493 e. The van der Waals surface area contributed by atoms with Crippen molar-refractivity contribution in [1.29, 1.82) is 0 Å². The van der Waals surface area contributed by atoms with Crippen LogP contribution in [0.1, 0.15) is 28.3 Å². The van der Waals surface area contributed by atoms with Gasteiger partial charge in [0, 0.05) is 22.9 Å². The first-order valence-electron chi connectivity index (χ1n) is 8.03. The normalized spacial score (nSPS) is 11.8. The van der Waals surface area contributed by atoms with E-state index in [1.165, 1.54) is 11.3 Å². The Morgan fingerprint density at radius 2 is 1.92 bits per heavy atom. The second-order valence-electron chi connectivity index (χ2n) is 5.72. The Morgan fingerprint density at radius 3 is 2.58 bits per heavy atom. The van der Waals surface area contributed by atoms with Crippen molar-refractivity contribution in [3.63, 3.8) is 0 Å². The zero-order chi connectivity index (χ0) is 18.7. The van der Waals surface area contributed by atoms with Gasteiger partial charge in [0.15, 0.2) is 11.5 Å². The molecule has 5 nitrogen and oxygen atoms in total. The van der Waals surface area contributed by atoms with Gasteiger partial charge in [-0.2, -0.15) is 0 Å². The molecular weight excluding hydrogens is 368 g/mol. The number of carbonyl (C=O) groups excluding carboxylic acids is 1. The third-order valence-electron chi connectivity index (χ3n) is 4.21. The number of hydrogen-bond acceptors (Lipinski definition) is 6. The van der Waals surface area contributed by atoms with E-state index in [4.69, 9.17) is 9.47 Å². The topological polar surface area (TPSA) is 51.7 Å². The molecule has 1 unspecified atom stereocenters. The molecule has 0 aliphatic rings. The van der Waals surface area contributed by atoms with E-state index in [0.29, 0.717) is 17.2 Å². The molecule has 1 aromatic carbocycles. The van der Waals surface area contributed by atoms with E-state index in [1.54, 1.807) is 35.8 Å². The molecule has 26 heavy (non-hydrogen) atoms. The van der Waals surface area contributed by atoms with Gasteiger partial charge in [0.1, 0.15) is 10.7 Å². The molecule has 0 aliphatic heterocycles. The van der Waals surface area contributed by atoms with Crippen molar-refractivity contribution in [1.82, 2.24) is 9.88 Å². The molecule has 1 amide bonds. The fraction of sp³-hybridized carbons (Fsp3) is 0.263. The van der Waals surface area contributed by atoms with Crippen molar-refractivity contribution >= 4 is 28.6 Å². The number of hydrogen-bond donors (Lipinski definition) is 0. The first kappa shape index (κ1) is 18.4. The number of rotatable bonds is 6. The van der Waals surface area contributed by atoms with E-state index in [2.05, 4.69) is 4.98 Å². The maximum Gasteiger partial charge on any atom is 0.273 e. The Morgan fingerprint density at radius 1 is 1.15 bits per heavy atom. The number of amides is 1. The van der Waals surface area contributed by atoms with Crippen LogP contribution in [0.3, 0.4) is 0 Å². The third kappa shape index (κ3) is 3.59. The summed E-state index contributed by atoms with van der Waals surface area (Å²) in [4.78, 5) is 20.2. The molecule has 2 aromatic heterocycles. The molecule has 1 atom stereocenters. The minimum atomic E-state index is -0.0890. The lowest BCUT2D eigenvalue weighted by molar-refractivity contribution is 0.0740. The summed E-state index contributed by atoms with van der Waals surface area (Å²) < 4.78 is 10.6. The average molecular weight is 389 g/mol. The van der Waals surface area contributed by atoms with Gasteiger partial charge in [-0.3, -0.25) is 4.79 Å². The highest BCUT2D eigenvalue weighted by Gasteiger charge is 2.22. The first-order chi connectivity index (χ1) is 12.5. The number of thiazole rings is 1. The van der Waals surface area contributed by atoms with Crippen molar-refractivity contribution in [3.8, 4) is 22.1 Å². The number of ether oxygens (including phenoxy) is 2. The quantitative estimate of drug-likeness (QED) is 0.613. The number of carbonyl (C=O) groups is 1. The molecule has 0 radical (unpaired) electrons. The summed E-state index contributed by atoms with van der Waals surface area (Å²) in [6.45, 7) is 2.02. The van der Waals surface area contributed by atoms with Gasteiger partial charge in [0.05, 0.1) is 20.3 Å². The van der Waals surface area contributed by atoms with Crippen LogP contribution in [0.2, 0.25) is 0 Å². The van der Waals surface area contributed by atoms with Gasteiger partial charge in [-0.25, -0.2) is 4.98 Å². The second-order valence-corrected chi connectivity index (χ2v) is 7.55. The molecule has 0 fully saturated rings. The van der Waals surface area contributed by atoms with Gasteiger partial charge < -0.3 is 14.4 Å². The summed E-state index contributed by atoms with van der Waals surface area (Å²) in [6, 6.07) is 9.65. The summed E-state index contributed by atoms with van der Waals surface area (Å²) in [5.41, 5.74) is 1.34. The predicted octanol–water partition coefficient (Wildman–Crippen LogP) is 4.72. The Kier molecular flexibility index (Phi) is 5.58. The predicted molar refractivity (Wildman–Crippen MR) is 105 cm³/mol. The molecule has 0 aliphatic carbocycles. The Labute approximate surface area is 160 Å². The molecule has 0 saturated carbocycles. The average Bonchev–Trinajstić information content (AvgIpc) is 3.37. The van der Waals surface area contributed by atoms with Crippen LogP contribution in [0, 0.1) is 0 Å². The van der Waals surface area contributed by atoms with Crippen LogP contribution >= 0.6 is 22.7 Å². The fourth-order valence-corrected chi connectivity index (χ4v) is 4.17. The Bertz CT molecular complexity index is 890. The second kappa shape index (κ2) is 7.88. The zero-order valence-corrected chi connectivity index (χ0v) is 16.7. The van der Waals surface area contributed by atoms with Crippen LogP contribution in [0.5, 0.6) is 11.5 Å². The molecule has 0 saturated heterocycles. The van der Waals surface area contributed by atoms with Crippen molar-refractivity contribution in [2.24, 2.45) is 0 Å². The summed E-state index contributed by atoms with van der Waals surface area (Å²) >= 11 is 3.08. The standard InChI is InChI=1S/C19H20N2O3S2/c1-12(17-6-5-9-25-17)21(2)19(22)14-11-26-18(20-14)13-7-8-15(23-3)16(10-13)24-4/h5-12H,1-4H3. The maximum absolute atomic E-state index is 12.8. The highest BCUT2D eigenvalue weighted by molar-refractivity contribution is 7.13. The number of methoxy groups -OCH3 is 2. The van der Waals surface area contributed by atoms with Gasteiger partial charge in [0.2, 0.25) is 0 Å². The molecule has 0 bridgehead atoms. The number of thiophene rings is 1. The fourth-order valence-electron chi connectivity index (χ4n) is 2.55. The van der Waals surface area contributed by atoms with Gasteiger partial charge in [-0.15, -0.1) is 22.7 Å². The molecule has 0 N–H and O–H groups in total. The van der Waals surface area contributed by atoms with Crippen LogP contribution in [0.4, 0.5) is 0 Å². The molecule has 136 valence electrons. The number of nitrogens with zero attached hydrogens (tertiary/aromatic N) is 2. The first-order valence-corrected chi connectivity index (χ1v) is 9.79. The van der Waals surface area contributed by atoms with Crippen LogP contribution in [0.15, 0.2) is 41.1 Å². The van der Waals surface area contributed by atoms with Gasteiger partial charge in [0.25, 0.3) is 5.91 Å². The van der Waals surface area contributed by atoms with Gasteiger partial charge in [-0.1, -0.05) is 6.07 Å². The molecule has 3 aromatic rings. The van der Waals surface area contributed by atoms with E-state index in [1.807, 2.05) is 49.7 Å². The van der Waals surface area contributed by atoms with Crippen molar-refractivity contribution in [3.05, 3.63) is 51.7 Å². The summed E-state index contributed by atoms with van der Waals surface area (Å²) in [5, 5.41) is 4.58. The minimum absolute atomic E-state index is 0.00808. The maximum atomic E-state index is 12.8. The highest BCUT2D eigenvalue weighted by Crippen LogP contribution is 2.34. The lowest BCUT2D eigenvalue weighted by atomic mass is 10.2. The molecule has 2 heterocycles. The molecule has 7 heteroatoms. The SMILES string of the molecule is COc1ccc(-c2nc(C(=O)N(C)C(C)c3cccs3)cs2)cc1OC. The smallest absolute Gasteiger partial charge is 0.273 e. The van der Waals surface area contributed by atoms with Crippen LogP contribution in [-0.2, 0) is 0 Å². The summed E-state index contributed by atoms with van der Waals surface area (Å²) in [6.07, 6.45) is 0. The largest absolute Gasteiger partial charge is 0.493 e. The molecule has 3 rings (SSSR count). The summed E-state index contributed by atoms with van der Waals surface area (Å²) in [7, 11) is 5.00. The van der Waals surface area contributed by atoms with E-state index in [9.17, 15) is 4.79 Å². The van der Waals surface area contributed by atoms with Crippen molar-refractivity contribution < 1.29 is 14.3 Å². The monoisotopic (exact) mass is 388 g/mol. The van der Waals surface area contributed by atoms with Crippen molar-refractivity contribution in [2.45, 2.75) is 13.0 Å². The van der Waals surface area contributed by atoms with Crippen LogP contribution in [-0.4, -0.2) is 37.1 Å². The lowest BCUT2D eigenvalue weighted by Gasteiger charge is -2.23. The van der Waals surface area contributed by atoms with Crippen molar-refractivity contribution in [2.75, 3.05) is 21.3 Å². The van der Waals surface area contributed by atoms with E-state index in [-0.39, 0.29) is 11.9 Å². The highest BCUT2D eigenvalue weighted by atomic mass is 32.1. The Balaban J connectivity index is 1.82. The van der Waals surface area contributed by atoms with Crippen LogP contribution < -0.4 is 9.47 Å². The number of aromatic nitrogens is 1. The van der Waals surface area contributed by atoms with Crippen LogP contribution in [0.25, 0.3) is 10.6 Å². The third-order valence-corrected chi connectivity index (χ3v) is 6.14. The molecule has 0 spiro atoms. The zero-order valence-electron chi connectivity index (χ0n) is 15.1. The van der Waals surface area contributed by atoms with E-state index < -0.39 is 0 Å². The lowest BCUT2D eigenvalue weighted by Crippen LogP contribution is -2.29. The van der Waals surface area contributed by atoms with Gasteiger partial charge in [-0.05, 0) is 36.6 Å². The summed E-state index contributed by atoms with van der Waals surface area (Å²) in [5.74, 6) is 1.21. The van der Waals surface area contributed by atoms with E-state index >= 15 is 0 Å². The Hall–Kier alpha value is -2.38. The number of benzene rings is 1. The van der Waals surface area contributed by atoms with Gasteiger partial charge >= 0.3 is 0 Å². The van der Waals surface area contributed by atoms with E-state index in [0.717, 1.165) is 15.4 Å².